The molecule has 1 saturated carbocycles. The Bertz CT molecular complexity index is 793. The van der Waals surface area contributed by atoms with Gasteiger partial charge in [0.15, 0.2) is 24.5 Å². The van der Waals surface area contributed by atoms with Crippen LogP contribution in [0, 0.1) is 5.92 Å². The fourth-order valence-electron chi connectivity index (χ4n) is 5.11. The summed E-state index contributed by atoms with van der Waals surface area (Å²) in [5.74, 6) is -0.842. The first-order valence-electron chi connectivity index (χ1n) is 12.0. The van der Waals surface area contributed by atoms with Crippen molar-refractivity contribution in [3.8, 4) is 0 Å². The number of nitrogens with one attached hydrogen (secondary N) is 2. The third-order valence-corrected chi connectivity index (χ3v) is 7.50. The molecule has 0 aromatic carbocycles. The van der Waals surface area contributed by atoms with Crippen LogP contribution in [0.4, 0.5) is 0 Å². The maximum atomic E-state index is 12.0. The van der Waals surface area contributed by atoms with Crippen LogP contribution in [0.1, 0.15) is 13.8 Å². The molecule has 0 aromatic heterocycles. The number of aliphatic hydroxyl groups is 7. The van der Waals surface area contributed by atoms with Crippen LogP contribution in [0.2, 0.25) is 0 Å². The van der Waals surface area contributed by atoms with E-state index in [4.69, 9.17) is 24.7 Å². The Balaban J connectivity index is 1.86. The van der Waals surface area contributed by atoms with Crippen molar-refractivity contribution in [3.05, 3.63) is 12.4 Å². The molecule has 0 radical (unpaired) electrons. The van der Waals surface area contributed by atoms with Crippen LogP contribution in [0.15, 0.2) is 12.4 Å². The van der Waals surface area contributed by atoms with Crippen LogP contribution in [0.25, 0.3) is 0 Å². The standard InChI is InChI=1S/C22H39N3O12/c1-7-13(28)11(25-9(3)23)15(30)17(32)18(7)36-21-19(22(33,6-27)8(2)34-21)37-20-12(24-4)16(31)14(29)10(5-26)35-20/h6-8,10-21,24-26,28-33H,3,5,23H2,1-2,4H3/t7?,8?,10?,11?,12?,13?,14?,15?,16?,17?,18?,19-,20?,21?,22?/m1/s1. The number of hydrogen-bond acceptors (Lipinski definition) is 15. The number of carbonyl (C=O) groups excluding carboxylic acids is 1. The predicted octanol–water partition coefficient (Wildman–Crippen LogP) is -5.42. The minimum absolute atomic E-state index is 0.0283. The van der Waals surface area contributed by atoms with Gasteiger partial charge in [-0.05, 0) is 14.0 Å². The molecule has 11 N–H and O–H groups in total. The van der Waals surface area contributed by atoms with Crippen molar-refractivity contribution in [1.82, 2.24) is 10.6 Å². The van der Waals surface area contributed by atoms with Gasteiger partial charge in [-0.1, -0.05) is 13.5 Å². The van der Waals surface area contributed by atoms with E-state index in [9.17, 15) is 40.5 Å². The van der Waals surface area contributed by atoms with E-state index in [0.717, 1.165) is 0 Å². The molecule has 3 aliphatic rings. The molecule has 15 heteroatoms. The first-order chi connectivity index (χ1) is 17.3. The summed E-state index contributed by atoms with van der Waals surface area (Å²) >= 11 is 0. The molecule has 2 saturated heterocycles. The molecule has 14 unspecified atom stereocenters. The van der Waals surface area contributed by atoms with Crippen LogP contribution in [0.5, 0.6) is 0 Å². The van der Waals surface area contributed by atoms with E-state index < -0.39 is 97.7 Å². The van der Waals surface area contributed by atoms with E-state index in [2.05, 4.69) is 17.2 Å². The van der Waals surface area contributed by atoms with Gasteiger partial charge in [-0.3, -0.25) is 4.79 Å². The number of carbonyl (C=O) groups is 1. The van der Waals surface area contributed by atoms with E-state index in [1.54, 1.807) is 6.92 Å². The predicted molar refractivity (Wildman–Crippen MR) is 123 cm³/mol. The van der Waals surface area contributed by atoms with Crippen molar-refractivity contribution >= 4 is 6.29 Å². The molecule has 0 spiro atoms. The lowest BCUT2D eigenvalue weighted by Crippen LogP contribution is -2.67. The summed E-state index contributed by atoms with van der Waals surface area (Å²) < 4.78 is 23.0. The average molecular weight is 538 g/mol. The smallest absolute Gasteiger partial charge is 0.188 e. The zero-order valence-corrected chi connectivity index (χ0v) is 20.8. The number of likely N-dealkylation sites (N-methyl/N-ethyl adjacent to an activating group) is 1. The van der Waals surface area contributed by atoms with Gasteiger partial charge >= 0.3 is 0 Å². The Morgan fingerprint density at radius 1 is 1.00 bits per heavy atom. The first kappa shape index (κ1) is 30.1. The summed E-state index contributed by atoms with van der Waals surface area (Å²) in [6.45, 7) is 5.75. The van der Waals surface area contributed by atoms with Gasteiger partial charge in [-0.2, -0.15) is 0 Å². The lowest BCUT2D eigenvalue weighted by molar-refractivity contribution is -0.316. The van der Waals surface area contributed by atoms with Crippen molar-refractivity contribution in [1.29, 1.82) is 0 Å². The second kappa shape index (κ2) is 11.7. The Hall–Kier alpha value is -1.47. The summed E-state index contributed by atoms with van der Waals surface area (Å²) in [5.41, 5.74) is 3.26. The fraction of sp³-hybridized carbons (Fsp3) is 0.864. The summed E-state index contributed by atoms with van der Waals surface area (Å²) in [6.07, 6.45) is -15.2. The van der Waals surface area contributed by atoms with Crippen molar-refractivity contribution in [2.24, 2.45) is 11.7 Å². The molecule has 3 fully saturated rings. The lowest BCUT2D eigenvalue weighted by atomic mass is 9.78. The Morgan fingerprint density at radius 2 is 1.62 bits per heavy atom. The van der Waals surface area contributed by atoms with E-state index in [0.29, 0.717) is 0 Å². The van der Waals surface area contributed by atoms with Crippen molar-refractivity contribution in [2.45, 2.75) is 99.0 Å². The van der Waals surface area contributed by atoms with Gasteiger partial charge < -0.3 is 71.1 Å². The molecule has 3 rings (SSSR count). The van der Waals surface area contributed by atoms with Crippen LogP contribution < -0.4 is 16.4 Å². The molecular weight excluding hydrogens is 498 g/mol. The summed E-state index contributed by atoms with van der Waals surface area (Å²) in [6, 6.07) is -2.11. The fourth-order valence-corrected chi connectivity index (χ4v) is 5.11. The van der Waals surface area contributed by atoms with E-state index in [-0.39, 0.29) is 12.1 Å². The van der Waals surface area contributed by atoms with E-state index in [1.807, 2.05) is 0 Å². The van der Waals surface area contributed by atoms with Gasteiger partial charge in [0.25, 0.3) is 0 Å². The average Bonchev–Trinajstić information content (AvgIpc) is 3.09. The van der Waals surface area contributed by atoms with E-state index >= 15 is 0 Å². The molecule has 0 amide bonds. The number of rotatable bonds is 9. The van der Waals surface area contributed by atoms with Gasteiger partial charge in [0, 0.05) is 5.92 Å². The molecule has 15 atom stereocenters. The van der Waals surface area contributed by atoms with Crippen molar-refractivity contribution in [2.75, 3.05) is 13.7 Å². The van der Waals surface area contributed by atoms with Crippen LogP contribution in [-0.4, -0.2) is 141 Å². The Morgan fingerprint density at radius 3 is 2.16 bits per heavy atom. The van der Waals surface area contributed by atoms with Crippen LogP contribution in [-0.2, 0) is 23.7 Å². The largest absolute Gasteiger partial charge is 0.394 e. The lowest BCUT2D eigenvalue weighted by Gasteiger charge is -2.46. The highest BCUT2D eigenvalue weighted by atomic mass is 16.8. The van der Waals surface area contributed by atoms with Gasteiger partial charge in [0.2, 0.25) is 0 Å². The summed E-state index contributed by atoms with van der Waals surface area (Å²) in [4.78, 5) is 12.0. The van der Waals surface area contributed by atoms with Crippen molar-refractivity contribution in [3.63, 3.8) is 0 Å². The monoisotopic (exact) mass is 537 g/mol. The third-order valence-electron chi connectivity index (χ3n) is 7.50. The normalized spacial score (nSPS) is 50.5. The Kier molecular flexibility index (Phi) is 9.53. The highest BCUT2D eigenvalue weighted by Gasteiger charge is 2.60. The third kappa shape index (κ3) is 5.50. The molecule has 1 aliphatic carbocycles. The van der Waals surface area contributed by atoms with Gasteiger partial charge in [-0.25, -0.2) is 0 Å². The number of nitrogens with two attached hydrogens (primary N) is 1. The molecule has 214 valence electrons. The van der Waals surface area contributed by atoms with Gasteiger partial charge in [-0.15, -0.1) is 0 Å². The maximum Gasteiger partial charge on any atom is 0.188 e. The number of aldehydes is 1. The summed E-state index contributed by atoms with van der Waals surface area (Å²) in [7, 11) is 1.45. The maximum absolute atomic E-state index is 12.0. The molecule has 2 aliphatic heterocycles. The van der Waals surface area contributed by atoms with Gasteiger partial charge in [0.1, 0.15) is 36.6 Å². The number of aliphatic hydroxyl groups excluding tert-OH is 6. The molecular formula is C22H39N3O12. The topological polar surface area (TPSA) is 246 Å². The molecule has 0 aromatic rings. The van der Waals surface area contributed by atoms with E-state index in [1.165, 1.54) is 14.0 Å². The number of ether oxygens (including phenoxy) is 4. The highest BCUT2D eigenvalue weighted by molar-refractivity contribution is 5.65. The molecule has 0 bridgehead atoms. The first-order valence-corrected chi connectivity index (χ1v) is 12.0. The Labute approximate surface area is 213 Å². The molecule has 2 heterocycles. The zero-order chi connectivity index (χ0) is 27.8. The highest BCUT2D eigenvalue weighted by Crippen LogP contribution is 2.38. The van der Waals surface area contributed by atoms with Crippen molar-refractivity contribution < 1.29 is 59.5 Å². The quantitative estimate of drug-likeness (QED) is 0.123. The minimum Gasteiger partial charge on any atom is -0.394 e. The van der Waals surface area contributed by atoms with Crippen LogP contribution in [0.3, 0.4) is 0 Å². The molecule has 37 heavy (non-hydrogen) atoms. The SMILES string of the molecule is C=C(N)NC1C(O)C(C)C(OC2OC(C)C(O)(C=O)[C@@H]2OC2OC(CO)C(O)C(O)C2NC)C(O)C1O. The second-order valence-corrected chi connectivity index (χ2v) is 9.86. The summed E-state index contributed by atoms with van der Waals surface area (Å²) in [5, 5.41) is 78.8. The second-order valence-electron chi connectivity index (χ2n) is 9.86. The number of hydrogen-bond donors (Lipinski definition) is 10. The zero-order valence-electron chi connectivity index (χ0n) is 20.8. The molecule has 15 nitrogen and oxygen atoms in total. The van der Waals surface area contributed by atoms with Gasteiger partial charge in [0.05, 0.1) is 42.8 Å². The minimum atomic E-state index is -2.27. The van der Waals surface area contributed by atoms with Crippen LogP contribution >= 0.6 is 0 Å².